The lowest BCUT2D eigenvalue weighted by Crippen LogP contribution is -2.39. The van der Waals surface area contributed by atoms with Crippen molar-refractivity contribution in [1.29, 1.82) is 0 Å². The fraction of sp³-hybridized carbons (Fsp3) is 0.350. The summed E-state index contributed by atoms with van der Waals surface area (Å²) in [5.74, 6) is 1.15. The second kappa shape index (κ2) is 11.4. The summed E-state index contributed by atoms with van der Waals surface area (Å²) in [5, 5.41) is 16.0. The molecule has 0 radical (unpaired) electrons. The SMILES string of the molecule is CCNC(=NCC(CO)c1ccccc1)NCCS(=O)c1ccccc1. The molecule has 0 bridgehead atoms. The van der Waals surface area contributed by atoms with Crippen LogP contribution in [0.25, 0.3) is 0 Å². The maximum Gasteiger partial charge on any atom is 0.191 e. The Balaban J connectivity index is 1.88. The smallest absolute Gasteiger partial charge is 0.191 e. The van der Waals surface area contributed by atoms with Gasteiger partial charge < -0.3 is 15.7 Å². The van der Waals surface area contributed by atoms with Gasteiger partial charge in [-0.3, -0.25) is 9.20 Å². The first-order chi connectivity index (χ1) is 12.7. The molecule has 0 aliphatic carbocycles. The summed E-state index contributed by atoms with van der Waals surface area (Å²) in [5.41, 5.74) is 1.07. The summed E-state index contributed by atoms with van der Waals surface area (Å²) in [7, 11) is -1.03. The normalized spacial score (nSPS) is 13.8. The molecule has 140 valence electrons. The van der Waals surface area contributed by atoms with Gasteiger partial charge in [0.05, 0.1) is 24.0 Å². The molecular formula is C20H27N3O2S. The van der Waals surface area contributed by atoms with Crippen molar-refractivity contribution in [3.05, 3.63) is 66.2 Å². The van der Waals surface area contributed by atoms with Gasteiger partial charge in [-0.15, -0.1) is 0 Å². The van der Waals surface area contributed by atoms with Crippen molar-refractivity contribution in [2.24, 2.45) is 4.99 Å². The van der Waals surface area contributed by atoms with Gasteiger partial charge in [-0.25, -0.2) is 0 Å². The van der Waals surface area contributed by atoms with Crippen molar-refractivity contribution in [2.75, 3.05) is 32.0 Å². The minimum Gasteiger partial charge on any atom is -0.396 e. The number of benzene rings is 2. The van der Waals surface area contributed by atoms with Gasteiger partial charge in [0, 0.05) is 29.7 Å². The maximum absolute atomic E-state index is 12.3. The van der Waals surface area contributed by atoms with E-state index in [1.807, 2.05) is 67.6 Å². The van der Waals surface area contributed by atoms with Gasteiger partial charge in [0.2, 0.25) is 0 Å². The van der Waals surface area contributed by atoms with Crippen molar-refractivity contribution in [3.8, 4) is 0 Å². The Hall–Kier alpha value is -2.18. The molecule has 5 nitrogen and oxygen atoms in total. The van der Waals surface area contributed by atoms with Crippen LogP contribution in [0.2, 0.25) is 0 Å². The average Bonchev–Trinajstić information content (AvgIpc) is 2.69. The van der Waals surface area contributed by atoms with Gasteiger partial charge in [0.1, 0.15) is 0 Å². The predicted molar refractivity (Wildman–Crippen MR) is 108 cm³/mol. The fourth-order valence-corrected chi connectivity index (χ4v) is 3.47. The van der Waals surface area contributed by atoms with Crippen LogP contribution in [0.4, 0.5) is 0 Å². The Morgan fingerprint density at radius 3 is 2.35 bits per heavy atom. The highest BCUT2D eigenvalue weighted by atomic mass is 32.2. The molecule has 0 aromatic heterocycles. The van der Waals surface area contributed by atoms with E-state index >= 15 is 0 Å². The first-order valence-corrected chi connectivity index (χ1v) is 10.2. The van der Waals surface area contributed by atoms with Gasteiger partial charge in [-0.05, 0) is 24.6 Å². The quantitative estimate of drug-likeness (QED) is 0.465. The van der Waals surface area contributed by atoms with E-state index in [1.54, 1.807) is 0 Å². The van der Waals surface area contributed by atoms with Gasteiger partial charge in [0.15, 0.2) is 5.96 Å². The monoisotopic (exact) mass is 373 g/mol. The molecular weight excluding hydrogens is 346 g/mol. The second-order valence-corrected chi connectivity index (χ2v) is 7.37. The second-order valence-electron chi connectivity index (χ2n) is 5.80. The number of hydrogen-bond donors (Lipinski definition) is 3. The van der Waals surface area contributed by atoms with E-state index < -0.39 is 10.8 Å². The van der Waals surface area contributed by atoms with Crippen LogP contribution in [0.15, 0.2) is 70.6 Å². The largest absolute Gasteiger partial charge is 0.396 e. The molecule has 0 saturated carbocycles. The van der Waals surface area contributed by atoms with E-state index in [4.69, 9.17) is 0 Å². The number of aliphatic hydroxyl groups excluding tert-OH is 1. The molecule has 0 amide bonds. The van der Waals surface area contributed by atoms with Crippen LogP contribution in [0.1, 0.15) is 18.4 Å². The minimum absolute atomic E-state index is 0.0369. The molecule has 2 rings (SSSR count). The average molecular weight is 374 g/mol. The van der Waals surface area contributed by atoms with E-state index in [-0.39, 0.29) is 12.5 Å². The van der Waals surface area contributed by atoms with E-state index in [2.05, 4.69) is 15.6 Å². The molecule has 2 aromatic rings. The molecule has 0 spiro atoms. The summed E-state index contributed by atoms with van der Waals surface area (Å²) in [6.45, 7) is 3.83. The summed E-state index contributed by atoms with van der Waals surface area (Å²) in [6, 6.07) is 19.3. The van der Waals surface area contributed by atoms with Crippen LogP contribution in [-0.2, 0) is 10.8 Å². The number of aliphatic hydroxyl groups is 1. The lowest BCUT2D eigenvalue weighted by atomic mass is 10.0. The molecule has 2 atom stereocenters. The minimum atomic E-state index is -1.03. The van der Waals surface area contributed by atoms with Crippen LogP contribution in [-0.4, -0.2) is 47.3 Å². The van der Waals surface area contributed by atoms with Crippen LogP contribution in [0.5, 0.6) is 0 Å². The molecule has 0 saturated heterocycles. The van der Waals surface area contributed by atoms with Gasteiger partial charge in [-0.1, -0.05) is 48.5 Å². The molecule has 26 heavy (non-hydrogen) atoms. The van der Waals surface area contributed by atoms with E-state index in [1.165, 1.54) is 0 Å². The fourth-order valence-electron chi connectivity index (χ4n) is 2.49. The van der Waals surface area contributed by atoms with Gasteiger partial charge >= 0.3 is 0 Å². The Morgan fingerprint density at radius 1 is 1.08 bits per heavy atom. The lowest BCUT2D eigenvalue weighted by molar-refractivity contribution is 0.268. The highest BCUT2D eigenvalue weighted by molar-refractivity contribution is 7.85. The van der Waals surface area contributed by atoms with Crippen molar-refractivity contribution in [1.82, 2.24) is 10.6 Å². The number of rotatable bonds is 9. The number of nitrogens with one attached hydrogen (secondary N) is 2. The highest BCUT2D eigenvalue weighted by Gasteiger charge is 2.10. The van der Waals surface area contributed by atoms with E-state index in [0.717, 1.165) is 17.0 Å². The molecule has 6 heteroatoms. The van der Waals surface area contributed by atoms with Crippen LogP contribution in [0, 0.1) is 0 Å². The first kappa shape index (κ1) is 20.1. The summed E-state index contributed by atoms with van der Waals surface area (Å²) < 4.78 is 12.3. The number of hydrogen-bond acceptors (Lipinski definition) is 3. The zero-order valence-electron chi connectivity index (χ0n) is 15.1. The number of guanidine groups is 1. The third-order valence-corrected chi connectivity index (χ3v) is 5.26. The van der Waals surface area contributed by atoms with Crippen molar-refractivity contribution < 1.29 is 9.32 Å². The van der Waals surface area contributed by atoms with Crippen molar-refractivity contribution in [2.45, 2.75) is 17.7 Å². The summed E-state index contributed by atoms with van der Waals surface area (Å²) >= 11 is 0. The van der Waals surface area contributed by atoms with Crippen LogP contribution in [0.3, 0.4) is 0 Å². The molecule has 3 N–H and O–H groups in total. The highest BCUT2D eigenvalue weighted by Crippen LogP contribution is 2.14. The zero-order chi connectivity index (χ0) is 18.6. The molecule has 0 fully saturated rings. The lowest BCUT2D eigenvalue weighted by Gasteiger charge is -2.15. The third kappa shape index (κ3) is 6.61. The van der Waals surface area contributed by atoms with E-state index in [9.17, 15) is 9.32 Å². The Bertz CT molecular complexity index is 693. The third-order valence-electron chi connectivity index (χ3n) is 3.89. The van der Waals surface area contributed by atoms with Crippen molar-refractivity contribution >= 4 is 16.8 Å². The van der Waals surface area contributed by atoms with Crippen molar-refractivity contribution in [3.63, 3.8) is 0 Å². The van der Waals surface area contributed by atoms with Crippen LogP contribution < -0.4 is 10.6 Å². The molecule has 2 unspecified atom stereocenters. The van der Waals surface area contributed by atoms with Crippen LogP contribution >= 0.6 is 0 Å². The summed E-state index contributed by atoms with van der Waals surface area (Å²) in [6.07, 6.45) is 0. The Morgan fingerprint density at radius 2 is 1.73 bits per heavy atom. The molecule has 0 aliphatic heterocycles. The molecule has 0 heterocycles. The maximum atomic E-state index is 12.3. The van der Waals surface area contributed by atoms with Gasteiger partial charge in [-0.2, -0.15) is 0 Å². The molecule has 0 aliphatic rings. The zero-order valence-corrected chi connectivity index (χ0v) is 15.9. The first-order valence-electron chi connectivity index (χ1n) is 8.86. The van der Waals surface area contributed by atoms with E-state index in [0.29, 0.717) is 24.8 Å². The topological polar surface area (TPSA) is 73.7 Å². The Kier molecular flexibility index (Phi) is 8.86. The predicted octanol–water partition coefficient (Wildman–Crippen LogP) is 2.13. The molecule has 2 aromatic carbocycles. The standard InChI is InChI=1S/C20H27N3O2S/c1-2-21-20(22-13-14-26(25)19-11-7-4-8-12-19)23-15-18(16-24)17-9-5-3-6-10-17/h3-12,18,24H,2,13-16H2,1H3,(H2,21,22,23). The Labute approximate surface area is 158 Å². The van der Waals surface area contributed by atoms with Gasteiger partial charge in [0.25, 0.3) is 0 Å². The number of nitrogens with zero attached hydrogens (tertiary/aromatic N) is 1. The summed E-state index contributed by atoms with van der Waals surface area (Å²) in [4.78, 5) is 5.40. The number of aliphatic imine (C=N–C) groups is 1.